The summed E-state index contributed by atoms with van der Waals surface area (Å²) in [7, 11) is 0. The minimum Gasteiger partial charge on any atom is -0.309 e. The maximum absolute atomic E-state index is 12.3. The van der Waals surface area contributed by atoms with Gasteiger partial charge in [-0.25, -0.2) is 4.98 Å². The summed E-state index contributed by atoms with van der Waals surface area (Å²) in [6, 6.07) is 7.89. The highest BCUT2D eigenvalue weighted by Gasteiger charge is 2.16. The van der Waals surface area contributed by atoms with E-state index >= 15 is 0 Å². The number of rotatable bonds is 7. The van der Waals surface area contributed by atoms with Crippen molar-refractivity contribution >= 4 is 34.6 Å². The number of carbonyl (C=O) groups excluding carboxylic acids is 1. The van der Waals surface area contributed by atoms with Gasteiger partial charge in [-0.1, -0.05) is 26.0 Å². The number of aromatic nitrogens is 4. The monoisotopic (exact) mass is 344 g/mol. The quantitative estimate of drug-likeness (QED) is 0.712. The summed E-state index contributed by atoms with van der Waals surface area (Å²) in [5.41, 5.74) is 2.18. The second-order valence-electron chi connectivity index (χ2n) is 5.35. The number of carbonyl (C=O) groups is 1. The van der Waals surface area contributed by atoms with E-state index in [-0.39, 0.29) is 5.91 Å². The smallest absolute Gasteiger partial charge is 0.279 e. The van der Waals surface area contributed by atoms with E-state index in [4.69, 9.17) is 0 Å². The van der Waals surface area contributed by atoms with Gasteiger partial charge >= 0.3 is 0 Å². The van der Waals surface area contributed by atoms with Crippen molar-refractivity contribution in [2.24, 2.45) is 0 Å². The van der Waals surface area contributed by atoms with E-state index in [1.165, 1.54) is 6.20 Å². The van der Waals surface area contributed by atoms with Gasteiger partial charge in [0.15, 0.2) is 5.69 Å². The van der Waals surface area contributed by atoms with Crippen molar-refractivity contribution in [2.45, 2.75) is 20.4 Å². The molecule has 0 bridgehead atoms. The first-order chi connectivity index (χ1) is 11.7. The summed E-state index contributed by atoms with van der Waals surface area (Å²) in [4.78, 5) is 19.2. The predicted octanol–water partition coefficient (Wildman–Crippen LogP) is 2.48. The number of hydrogen-bond acceptors (Lipinski definition) is 6. The molecule has 0 unspecified atom stereocenters. The Morgan fingerprint density at radius 2 is 2.08 bits per heavy atom. The lowest BCUT2D eigenvalue weighted by molar-refractivity contribution is 0.102. The molecule has 1 amide bonds. The fourth-order valence-electron chi connectivity index (χ4n) is 2.61. The van der Waals surface area contributed by atoms with Crippen molar-refractivity contribution in [3.05, 3.63) is 36.2 Å². The first-order valence-electron chi connectivity index (χ1n) is 7.99. The third kappa shape index (κ3) is 3.44. The molecule has 0 aliphatic rings. The average molecular weight is 344 g/mol. The number of amides is 1. The minimum atomic E-state index is -0.289. The molecule has 0 atom stereocenters. The van der Waals surface area contributed by atoms with E-state index in [1.807, 2.05) is 28.8 Å². The van der Waals surface area contributed by atoms with E-state index in [2.05, 4.69) is 37.8 Å². The number of imidazole rings is 1. The zero-order chi connectivity index (χ0) is 16.9. The van der Waals surface area contributed by atoms with Gasteiger partial charge in [-0.05, 0) is 25.2 Å². The van der Waals surface area contributed by atoms with Crippen LogP contribution in [0.5, 0.6) is 0 Å². The van der Waals surface area contributed by atoms with Crippen LogP contribution in [0, 0.1) is 0 Å². The van der Waals surface area contributed by atoms with E-state index in [0.717, 1.165) is 48.9 Å². The maximum atomic E-state index is 12.3. The third-order valence-corrected chi connectivity index (χ3v) is 4.49. The Hall–Kier alpha value is -2.32. The number of hydrogen-bond donors (Lipinski definition) is 1. The largest absolute Gasteiger partial charge is 0.309 e. The van der Waals surface area contributed by atoms with E-state index in [9.17, 15) is 4.79 Å². The number of para-hydroxylation sites is 2. The molecule has 1 aromatic carbocycles. The Morgan fingerprint density at radius 1 is 1.29 bits per heavy atom. The Kier molecular flexibility index (Phi) is 5.17. The first-order valence-corrected chi connectivity index (χ1v) is 8.72. The van der Waals surface area contributed by atoms with E-state index < -0.39 is 0 Å². The van der Waals surface area contributed by atoms with Crippen LogP contribution in [0.25, 0.3) is 11.0 Å². The Bertz CT molecular complexity index is 809. The molecule has 2 heterocycles. The molecule has 2 aromatic heterocycles. The van der Waals surface area contributed by atoms with Gasteiger partial charge in [0.2, 0.25) is 5.95 Å². The molecule has 8 heteroatoms. The normalized spacial score (nSPS) is 11.3. The van der Waals surface area contributed by atoms with Gasteiger partial charge in [-0.15, -0.1) is 0 Å². The third-order valence-electron chi connectivity index (χ3n) is 4.01. The Balaban J connectivity index is 1.88. The number of likely N-dealkylation sites (N-methyl/N-ethyl adjacent to an activating group) is 1. The van der Waals surface area contributed by atoms with Crippen molar-refractivity contribution in [1.29, 1.82) is 0 Å². The van der Waals surface area contributed by atoms with Gasteiger partial charge in [-0.2, -0.15) is 8.75 Å². The summed E-state index contributed by atoms with van der Waals surface area (Å²) < 4.78 is 9.88. The average Bonchev–Trinajstić information content (AvgIpc) is 3.24. The van der Waals surface area contributed by atoms with E-state index in [0.29, 0.717) is 11.6 Å². The summed E-state index contributed by atoms with van der Waals surface area (Å²) >= 11 is 1.01. The molecule has 0 saturated carbocycles. The standard InChI is InChI=1S/C16H20N6OS/c1-3-21(4-2)9-10-22-14-8-6-5-7-12(14)18-16(22)19-15(23)13-11-17-24-20-13/h5-8,11H,3-4,9-10H2,1-2H3,(H,18,19,23). The summed E-state index contributed by atoms with van der Waals surface area (Å²) in [5.74, 6) is 0.254. The molecular formula is C16H20N6OS. The van der Waals surface area contributed by atoms with Crippen LogP contribution in [0.4, 0.5) is 5.95 Å². The molecule has 7 nitrogen and oxygen atoms in total. The second-order valence-corrected chi connectivity index (χ2v) is 5.91. The molecular weight excluding hydrogens is 324 g/mol. The van der Waals surface area contributed by atoms with Crippen LogP contribution in [0.15, 0.2) is 30.5 Å². The van der Waals surface area contributed by atoms with Crippen molar-refractivity contribution in [3.63, 3.8) is 0 Å². The summed E-state index contributed by atoms with van der Waals surface area (Å²) in [6.45, 7) is 7.94. The molecule has 0 saturated heterocycles. The van der Waals surface area contributed by atoms with Crippen LogP contribution in [-0.2, 0) is 6.54 Å². The lowest BCUT2D eigenvalue weighted by atomic mass is 10.3. The lowest BCUT2D eigenvalue weighted by Crippen LogP contribution is -2.27. The van der Waals surface area contributed by atoms with Crippen LogP contribution in [-0.4, -0.2) is 48.7 Å². The molecule has 3 aromatic rings. The fraction of sp³-hybridized carbons (Fsp3) is 0.375. The van der Waals surface area contributed by atoms with Gasteiger partial charge in [0.1, 0.15) is 0 Å². The molecule has 0 radical (unpaired) electrons. The zero-order valence-corrected chi connectivity index (χ0v) is 14.6. The molecule has 0 aliphatic heterocycles. The number of nitrogens with zero attached hydrogens (tertiary/aromatic N) is 5. The summed E-state index contributed by atoms with van der Waals surface area (Å²) in [6.07, 6.45) is 1.46. The van der Waals surface area contributed by atoms with Gasteiger partial charge in [-0.3, -0.25) is 10.1 Å². The van der Waals surface area contributed by atoms with Crippen molar-refractivity contribution in [1.82, 2.24) is 23.2 Å². The van der Waals surface area contributed by atoms with Gasteiger partial charge in [0.25, 0.3) is 5.91 Å². The molecule has 0 aliphatic carbocycles. The number of anilines is 1. The van der Waals surface area contributed by atoms with Crippen molar-refractivity contribution in [3.8, 4) is 0 Å². The fourth-order valence-corrected chi connectivity index (χ4v) is 3.02. The number of fused-ring (bicyclic) bond motifs is 1. The molecule has 3 rings (SSSR count). The van der Waals surface area contributed by atoms with Gasteiger partial charge in [0, 0.05) is 13.1 Å². The SMILES string of the molecule is CCN(CC)CCn1c(NC(=O)c2cnsn2)nc2ccccc21. The van der Waals surface area contributed by atoms with Crippen LogP contribution in [0.2, 0.25) is 0 Å². The van der Waals surface area contributed by atoms with Crippen LogP contribution in [0.3, 0.4) is 0 Å². The zero-order valence-electron chi connectivity index (χ0n) is 13.8. The summed E-state index contributed by atoms with van der Waals surface area (Å²) in [5, 5.41) is 2.86. The van der Waals surface area contributed by atoms with Crippen LogP contribution in [0.1, 0.15) is 24.3 Å². The van der Waals surface area contributed by atoms with Crippen LogP contribution < -0.4 is 5.32 Å². The van der Waals surface area contributed by atoms with Gasteiger partial charge in [0.05, 0.1) is 29.0 Å². The highest BCUT2D eigenvalue weighted by molar-refractivity contribution is 6.99. The van der Waals surface area contributed by atoms with Crippen molar-refractivity contribution < 1.29 is 4.79 Å². The molecule has 0 fully saturated rings. The number of benzene rings is 1. The predicted molar refractivity (Wildman–Crippen MR) is 95.4 cm³/mol. The highest BCUT2D eigenvalue weighted by Crippen LogP contribution is 2.20. The number of nitrogens with one attached hydrogen (secondary N) is 1. The lowest BCUT2D eigenvalue weighted by Gasteiger charge is -2.19. The topological polar surface area (TPSA) is 75.9 Å². The van der Waals surface area contributed by atoms with Crippen LogP contribution >= 0.6 is 11.7 Å². The second kappa shape index (κ2) is 7.50. The Morgan fingerprint density at radius 3 is 2.79 bits per heavy atom. The van der Waals surface area contributed by atoms with Gasteiger partial charge < -0.3 is 9.47 Å². The molecule has 24 heavy (non-hydrogen) atoms. The minimum absolute atomic E-state index is 0.289. The first kappa shape index (κ1) is 16.5. The molecule has 126 valence electrons. The molecule has 1 N–H and O–H groups in total. The van der Waals surface area contributed by atoms with Crippen molar-refractivity contribution in [2.75, 3.05) is 25.0 Å². The Labute approximate surface area is 144 Å². The maximum Gasteiger partial charge on any atom is 0.279 e. The van der Waals surface area contributed by atoms with E-state index in [1.54, 1.807) is 0 Å². The highest BCUT2D eigenvalue weighted by atomic mass is 32.1. The molecule has 0 spiro atoms.